The fourth-order valence-corrected chi connectivity index (χ4v) is 3.42. The quantitative estimate of drug-likeness (QED) is 0.316. The van der Waals surface area contributed by atoms with E-state index in [1.54, 1.807) is 54.3 Å². The summed E-state index contributed by atoms with van der Waals surface area (Å²) >= 11 is 12.3. The molecule has 7 nitrogen and oxygen atoms in total. The van der Waals surface area contributed by atoms with Crippen LogP contribution in [0.25, 0.3) is 17.1 Å². The molecule has 1 amide bonds. The van der Waals surface area contributed by atoms with Gasteiger partial charge >= 0.3 is 6.01 Å². The van der Waals surface area contributed by atoms with E-state index in [4.69, 9.17) is 32.7 Å². The first-order valence-corrected chi connectivity index (χ1v) is 10.9. The first kappa shape index (κ1) is 23.7. The van der Waals surface area contributed by atoms with Crippen LogP contribution in [0.2, 0.25) is 10.0 Å². The number of anilines is 1. The fourth-order valence-electron chi connectivity index (χ4n) is 3.12. The van der Waals surface area contributed by atoms with E-state index in [-0.39, 0.29) is 18.2 Å². The second-order valence-corrected chi connectivity index (χ2v) is 7.93. The van der Waals surface area contributed by atoms with Crippen LogP contribution in [0.3, 0.4) is 0 Å². The fraction of sp³-hybridized carbons (Fsp3) is 0.125. The molecule has 1 aromatic heterocycles. The number of nitrogens with zero attached hydrogens (tertiary/aromatic N) is 3. The molecule has 1 heterocycles. The number of ether oxygens (including phenoxy) is 2. The average Bonchev–Trinajstić information content (AvgIpc) is 3.25. The molecule has 0 aliphatic carbocycles. The van der Waals surface area contributed by atoms with Crippen molar-refractivity contribution in [3.63, 3.8) is 0 Å². The minimum atomic E-state index is -0.490. The maximum absolute atomic E-state index is 13.5. The van der Waals surface area contributed by atoms with Crippen molar-refractivity contribution in [2.45, 2.75) is 0 Å². The van der Waals surface area contributed by atoms with E-state index >= 15 is 0 Å². The Morgan fingerprint density at radius 3 is 2.62 bits per heavy atom. The largest absolute Gasteiger partial charge is 0.460 e. The normalized spacial score (nSPS) is 10.8. The lowest BCUT2D eigenvalue weighted by molar-refractivity contribution is 0.102. The molecule has 4 aromatic rings. The van der Waals surface area contributed by atoms with Gasteiger partial charge in [-0.15, -0.1) is 5.10 Å². The van der Waals surface area contributed by atoms with Gasteiger partial charge in [0.25, 0.3) is 5.91 Å². The number of carbonyl (C=O) groups is 1. The molecule has 0 aliphatic rings. The van der Waals surface area contributed by atoms with Gasteiger partial charge in [0.2, 0.25) is 0 Å². The summed E-state index contributed by atoms with van der Waals surface area (Å²) in [6.45, 7) is 0.642. The summed E-state index contributed by atoms with van der Waals surface area (Å²) in [4.78, 5) is 17.0. The SMILES string of the molecule is COCCOc1nc(-c2ccc(Cl)c(Cl)c2)n(-c2cccc(NC(=O)c3cccc(F)c3)c2)n1. The van der Waals surface area contributed by atoms with Crippen molar-refractivity contribution in [3.8, 4) is 23.1 Å². The number of methoxy groups -OCH3 is 1. The van der Waals surface area contributed by atoms with Gasteiger partial charge in [-0.2, -0.15) is 4.98 Å². The lowest BCUT2D eigenvalue weighted by Gasteiger charge is -2.10. The third kappa shape index (κ3) is 5.53. The molecule has 1 N–H and O–H groups in total. The molecular weight excluding hydrogens is 482 g/mol. The van der Waals surface area contributed by atoms with Crippen molar-refractivity contribution in [2.24, 2.45) is 0 Å². The molecule has 0 spiro atoms. The van der Waals surface area contributed by atoms with Crippen LogP contribution in [0.4, 0.5) is 10.1 Å². The Balaban J connectivity index is 1.68. The summed E-state index contributed by atoms with van der Waals surface area (Å²) < 4.78 is 25.7. The molecule has 4 rings (SSSR count). The lowest BCUT2D eigenvalue weighted by Crippen LogP contribution is -2.12. The first-order valence-electron chi connectivity index (χ1n) is 10.2. The smallest absolute Gasteiger partial charge is 0.336 e. The number of benzene rings is 3. The summed E-state index contributed by atoms with van der Waals surface area (Å²) in [5, 5.41) is 8.01. The van der Waals surface area contributed by atoms with E-state index in [0.29, 0.717) is 39.4 Å². The highest BCUT2D eigenvalue weighted by Crippen LogP contribution is 2.30. The number of aromatic nitrogens is 3. The van der Waals surface area contributed by atoms with Gasteiger partial charge in [0, 0.05) is 23.9 Å². The van der Waals surface area contributed by atoms with Gasteiger partial charge in [-0.25, -0.2) is 9.07 Å². The van der Waals surface area contributed by atoms with Gasteiger partial charge in [0.05, 0.1) is 22.3 Å². The highest BCUT2D eigenvalue weighted by molar-refractivity contribution is 6.42. The minimum absolute atomic E-state index is 0.146. The van der Waals surface area contributed by atoms with Crippen molar-refractivity contribution in [3.05, 3.63) is 88.2 Å². The van der Waals surface area contributed by atoms with Crippen molar-refractivity contribution < 1.29 is 18.7 Å². The number of nitrogens with one attached hydrogen (secondary N) is 1. The van der Waals surface area contributed by atoms with Crippen LogP contribution in [0, 0.1) is 5.82 Å². The maximum atomic E-state index is 13.5. The van der Waals surface area contributed by atoms with Crippen molar-refractivity contribution in [1.82, 2.24) is 14.8 Å². The van der Waals surface area contributed by atoms with Gasteiger partial charge in [-0.05, 0) is 54.6 Å². The maximum Gasteiger partial charge on any atom is 0.336 e. The van der Waals surface area contributed by atoms with Crippen LogP contribution in [0.1, 0.15) is 10.4 Å². The van der Waals surface area contributed by atoms with E-state index in [1.165, 1.54) is 24.3 Å². The predicted octanol–water partition coefficient (Wildman–Crippen LogP) is 5.66. The highest BCUT2D eigenvalue weighted by Gasteiger charge is 2.17. The van der Waals surface area contributed by atoms with Crippen LogP contribution < -0.4 is 10.1 Å². The second kappa shape index (κ2) is 10.6. The Bertz CT molecular complexity index is 1330. The Labute approximate surface area is 205 Å². The molecule has 0 aliphatic heterocycles. The summed E-state index contributed by atoms with van der Waals surface area (Å²) in [6.07, 6.45) is 0. The van der Waals surface area contributed by atoms with Gasteiger partial charge in [-0.1, -0.05) is 35.3 Å². The van der Waals surface area contributed by atoms with Gasteiger partial charge in [0.1, 0.15) is 12.4 Å². The monoisotopic (exact) mass is 500 g/mol. The van der Waals surface area contributed by atoms with Crippen LogP contribution in [-0.2, 0) is 4.74 Å². The summed E-state index contributed by atoms with van der Waals surface area (Å²) in [6, 6.07) is 17.7. The standard InChI is InChI=1S/C24H19Cl2FN4O3/c1-33-10-11-34-24-29-22(15-8-9-20(25)21(26)13-15)31(30-24)19-7-3-6-18(14-19)28-23(32)16-4-2-5-17(27)12-16/h2-9,12-14H,10-11H2,1H3,(H,28,32). The van der Waals surface area contributed by atoms with Crippen LogP contribution in [0.5, 0.6) is 6.01 Å². The molecule has 0 saturated heterocycles. The molecule has 34 heavy (non-hydrogen) atoms. The van der Waals surface area contributed by atoms with Crippen molar-refractivity contribution in [2.75, 3.05) is 25.6 Å². The van der Waals surface area contributed by atoms with Gasteiger partial charge in [0.15, 0.2) is 5.82 Å². The van der Waals surface area contributed by atoms with Crippen molar-refractivity contribution >= 4 is 34.8 Å². The Hall–Kier alpha value is -3.46. The van der Waals surface area contributed by atoms with E-state index in [1.807, 2.05) is 0 Å². The van der Waals surface area contributed by atoms with Gasteiger partial charge < -0.3 is 14.8 Å². The number of hydrogen-bond donors (Lipinski definition) is 1. The number of hydrogen-bond acceptors (Lipinski definition) is 5. The average molecular weight is 501 g/mol. The van der Waals surface area contributed by atoms with E-state index < -0.39 is 11.7 Å². The van der Waals surface area contributed by atoms with Crippen LogP contribution >= 0.6 is 23.2 Å². The van der Waals surface area contributed by atoms with E-state index in [9.17, 15) is 9.18 Å². The van der Waals surface area contributed by atoms with E-state index in [0.717, 1.165) is 0 Å². The van der Waals surface area contributed by atoms with Crippen LogP contribution in [-0.4, -0.2) is 41.0 Å². The molecule has 174 valence electrons. The number of rotatable bonds is 8. The number of halogens is 3. The van der Waals surface area contributed by atoms with Crippen molar-refractivity contribution in [1.29, 1.82) is 0 Å². The number of amides is 1. The molecular formula is C24H19Cl2FN4O3. The zero-order valence-corrected chi connectivity index (χ0v) is 19.5. The Morgan fingerprint density at radius 1 is 1.03 bits per heavy atom. The lowest BCUT2D eigenvalue weighted by atomic mass is 10.2. The molecule has 0 bridgehead atoms. The zero-order valence-electron chi connectivity index (χ0n) is 18.0. The molecule has 0 saturated carbocycles. The summed E-state index contributed by atoms with van der Waals surface area (Å²) in [7, 11) is 1.57. The van der Waals surface area contributed by atoms with Crippen LogP contribution in [0.15, 0.2) is 66.7 Å². The molecule has 0 unspecified atom stereocenters. The molecule has 0 fully saturated rings. The molecule has 0 radical (unpaired) electrons. The van der Waals surface area contributed by atoms with E-state index in [2.05, 4.69) is 15.4 Å². The molecule has 0 atom stereocenters. The minimum Gasteiger partial charge on any atom is -0.460 e. The molecule has 3 aromatic carbocycles. The second-order valence-electron chi connectivity index (χ2n) is 7.11. The Kier molecular flexibility index (Phi) is 7.42. The predicted molar refractivity (Wildman–Crippen MR) is 129 cm³/mol. The van der Waals surface area contributed by atoms with Gasteiger partial charge in [-0.3, -0.25) is 4.79 Å². The third-order valence-electron chi connectivity index (χ3n) is 4.72. The topological polar surface area (TPSA) is 78.3 Å². The summed E-state index contributed by atoms with van der Waals surface area (Å²) in [5.41, 5.74) is 1.96. The zero-order chi connectivity index (χ0) is 24.1. The highest BCUT2D eigenvalue weighted by atomic mass is 35.5. The number of carbonyl (C=O) groups excluding carboxylic acids is 1. The Morgan fingerprint density at radius 2 is 1.85 bits per heavy atom. The first-order chi connectivity index (χ1) is 16.4. The molecule has 10 heteroatoms. The summed E-state index contributed by atoms with van der Waals surface area (Å²) in [5.74, 6) is -0.473. The third-order valence-corrected chi connectivity index (χ3v) is 5.46.